The molecule has 3 heteroatoms. The summed E-state index contributed by atoms with van der Waals surface area (Å²) in [5, 5.41) is 0. The lowest BCUT2D eigenvalue weighted by atomic mass is 10.1. The van der Waals surface area contributed by atoms with Crippen molar-refractivity contribution in [2.45, 2.75) is 32.0 Å². The third-order valence-corrected chi connectivity index (χ3v) is 2.17. The number of hydrogen-bond donors (Lipinski definition) is 0. The van der Waals surface area contributed by atoms with E-state index in [1.165, 1.54) is 0 Å². The van der Waals surface area contributed by atoms with Crippen LogP contribution < -0.4 is 0 Å². The van der Waals surface area contributed by atoms with Crippen LogP contribution in [0.1, 0.15) is 20.3 Å². The van der Waals surface area contributed by atoms with Gasteiger partial charge in [0.2, 0.25) is 0 Å². The third kappa shape index (κ3) is 2.72. The second-order valence-electron chi connectivity index (χ2n) is 4.00. The zero-order chi connectivity index (χ0) is 9.19. The van der Waals surface area contributed by atoms with Crippen molar-refractivity contribution >= 4 is 0 Å². The smallest absolute Gasteiger partial charge is 0.148 e. The zero-order valence-electron chi connectivity index (χ0n) is 8.14. The summed E-state index contributed by atoms with van der Waals surface area (Å²) >= 11 is 0. The fraction of sp³-hybridized carbons (Fsp3) is 1.00. The molecule has 0 aliphatic carbocycles. The Bertz CT molecular complexity index is 151. The van der Waals surface area contributed by atoms with E-state index in [-0.39, 0.29) is 12.7 Å². The van der Waals surface area contributed by atoms with Gasteiger partial charge in [0.15, 0.2) is 0 Å². The van der Waals surface area contributed by atoms with Gasteiger partial charge in [-0.15, -0.1) is 0 Å². The first-order valence-corrected chi connectivity index (χ1v) is 4.51. The molecule has 1 aliphatic heterocycles. The molecule has 1 fully saturated rings. The molecule has 1 saturated heterocycles. The monoisotopic (exact) mass is 175 g/mol. The summed E-state index contributed by atoms with van der Waals surface area (Å²) in [6.45, 7) is 5.47. The largest absolute Gasteiger partial charge is 0.375 e. The lowest BCUT2D eigenvalue weighted by Crippen LogP contribution is -2.33. The number of hydrogen-bond acceptors (Lipinski definition) is 2. The van der Waals surface area contributed by atoms with E-state index >= 15 is 0 Å². The van der Waals surface area contributed by atoms with Crippen molar-refractivity contribution in [3.63, 3.8) is 0 Å². The Balaban J connectivity index is 2.30. The van der Waals surface area contributed by atoms with Crippen LogP contribution in [0.2, 0.25) is 0 Å². The molecule has 0 amide bonds. The summed E-state index contributed by atoms with van der Waals surface area (Å²) in [4.78, 5) is 2.00. The molecule has 0 radical (unpaired) electrons. The predicted molar refractivity (Wildman–Crippen MR) is 47.0 cm³/mol. The van der Waals surface area contributed by atoms with Gasteiger partial charge < -0.3 is 9.64 Å². The van der Waals surface area contributed by atoms with Gasteiger partial charge in [0.1, 0.15) is 5.67 Å². The van der Waals surface area contributed by atoms with Crippen LogP contribution >= 0.6 is 0 Å². The molecule has 0 aromatic carbocycles. The molecule has 0 aromatic rings. The van der Waals surface area contributed by atoms with Crippen molar-refractivity contribution in [2.24, 2.45) is 0 Å². The van der Waals surface area contributed by atoms with E-state index in [1.54, 1.807) is 0 Å². The van der Waals surface area contributed by atoms with Gasteiger partial charge in [-0.25, -0.2) is 4.39 Å². The first-order valence-electron chi connectivity index (χ1n) is 4.51. The molecular formula is C9H18FNO. The van der Waals surface area contributed by atoms with Gasteiger partial charge in [0.25, 0.3) is 0 Å². The van der Waals surface area contributed by atoms with Crippen molar-refractivity contribution in [1.29, 1.82) is 0 Å². The number of alkyl halides is 1. The maximum Gasteiger partial charge on any atom is 0.148 e. The minimum Gasteiger partial charge on any atom is -0.375 e. The number of rotatable bonds is 3. The molecule has 0 saturated carbocycles. The van der Waals surface area contributed by atoms with Crippen molar-refractivity contribution in [2.75, 3.05) is 26.7 Å². The highest BCUT2D eigenvalue weighted by molar-refractivity contribution is 4.89. The molecule has 0 bridgehead atoms. The van der Waals surface area contributed by atoms with Crippen molar-refractivity contribution in [3.05, 3.63) is 0 Å². The summed E-state index contributed by atoms with van der Waals surface area (Å²) in [7, 11) is 1.94. The average Bonchev–Trinajstić information content (AvgIpc) is 2.29. The van der Waals surface area contributed by atoms with Gasteiger partial charge >= 0.3 is 0 Å². The molecule has 1 aliphatic rings. The standard InChI is InChI=1S/C9H18FNO/c1-8(2)12-7-9(10)4-5-11(3)6-9/h8H,4-7H2,1-3H3. The van der Waals surface area contributed by atoms with Crippen LogP contribution in [0.15, 0.2) is 0 Å². The average molecular weight is 175 g/mol. The highest BCUT2D eigenvalue weighted by atomic mass is 19.1. The van der Waals surface area contributed by atoms with Crippen molar-refractivity contribution in [3.8, 4) is 0 Å². The van der Waals surface area contributed by atoms with Gasteiger partial charge in [0, 0.05) is 13.1 Å². The Morgan fingerprint density at radius 1 is 1.58 bits per heavy atom. The number of halogens is 1. The summed E-state index contributed by atoms with van der Waals surface area (Å²) in [6, 6.07) is 0. The van der Waals surface area contributed by atoms with Crippen LogP contribution in [0, 0.1) is 0 Å². The summed E-state index contributed by atoms with van der Waals surface area (Å²) < 4.78 is 19.0. The molecule has 1 heterocycles. The highest BCUT2D eigenvalue weighted by Gasteiger charge is 2.37. The lowest BCUT2D eigenvalue weighted by molar-refractivity contribution is -0.00823. The molecule has 1 rings (SSSR count). The first-order chi connectivity index (χ1) is 5.52. The Labute approximate surface area is 73.7 Å². The molecule has 72 valence electrons. The highest BCUT2D eigenvalue weighted by Crippen LogP contribution is 2.24. The van der Waals surface area contributed by atoms with Gasteiger partial charge in [-0.2, -0.15) is 0 Å². The van der Waals surface area contributed by atoms with Gasteiger partial charge in [-0.3, -0.25) is 0 Å². The van der Waals surface area contributed by atoms with E-state index in [1.807, 2.05) is 25.8 Å². The van der Waals surface area contributed by atoms with E-state index in [0.29, 0.717) is 13.0 Å². The summed E-state index contributed by atoms with van der Waals surface area (Å²) in [5.74, 6) is 0. The van der Waals surface area contributed by atoms with Crippen LogP contribution in [-0.4, -0.2) is 43.4 Å². The van der Waals surface area contributed by atoms with Crippen LogP contribution in [0.4, 0.5) is 4.39 Å². The molecule has 1 atom stereocenters. The number of ether oxygens (including phenoxy) is 1. The quantitative estimate of drug-likeness (QED) is 0.644. The summed E-state index contributed by atoms with van der Waals surface area (Å²) in [5.41, 5.74) is -1.10. The fourth-order valence-corrected chi connectivity index (χ4v) is 1.47. The minimum absolute atomic E-state index is 0.128. The number of nitrogens with zero attached hydrogens (tertiary/aromatic N) is 1. The van der Waals surface area contributed by atoms with Crippen molar-refractivity contribution < 1.29 is 9.13 Å². The van der Waals surface area contributed by atoms with Crippen LogP contribution in [-0.2, 0) is 4.74 Å². The predicted octanol–water partition coefficient (Wildman–Crippen LogP) is 1.46. The Kier molecular flexibility index (Phi) is 3.07. The topological polar surface area (TPSA) is 12.5 Å². The van der Waals surface area contributed by atoms with E-state index in [9.17, 15) is 4.39 Å². The lowest BCUT2D eigenvalue weighted by Gasteiger charge is -2.20. The summed E-state index contributed by atoms with van der Waals surface area (Å²) in [6.07, 6.45) is 0.736. The van der Waals surface area contributed by atoms with Crippen LogP contribution in [0.25, 0.3) is 0 Å². The molecule has 0 N–H and O–H groups in total. The van der Waals surface area contributed by atoms with E-state index in [4.69, 9.17) is 4.74 Å². The molecule has 1 unspecified atom stereocenters. The first kappa shape index (κ1) is 9.93. The van der Waals surface area contributed by atoms with Gasteiger partial charge in [0.05, 0.1) is 12.7 Å². The van der Waals surface area contributed by atoms with Gasteiger partial charge in [-0.05, 0) is 27.3 Å². The van der Waals surface area contributed by atoms with Crippen LogP contribution in [0.5, 0.6) is 0 Å². The Morgan fingerprint density at radius 2 is 2.25 bits per heavy atom. The zero-order valence-corrected chi connectivity index (χ0v) is 8.14. The van der Waals surface area contributed by atoms with Crippen LogP contribution in [0.3, 0.4) is 0 Å². The van der Waals surface area contributed by atoms with E-state index in [0.717, 1.165) is 6.54 Å². The van der Waals surface area contributed by atoms with Gasteiger partial charge in [-0.1, -0.05) is 0 Å². The maximum atomic E-state index is 13.8. The Hall–Kier alpha value is -0.150. The van der Waals surface area contributed by atoms with E-state index < -0.39 is 5.67 Å². The Morgan fingerprint density at radius 3 is 2.67 bits per heavy atom. The number of likely N-dealkylation sites (tertiary alicyclic amines) is 1. The maximum absolute atomic E-state index is 13.8. The fourth-order valence-electron chi connectivity index (χ4n) is 1.47. The second-order valence-corrected chi connectivity index (χ2v) is 4.00. The molecule has 0 spiro atoms. The molecule has 12 heavy (non-hydrogen) atoms. The van der Waals surface area contributed by atoms with E-state index in [2.05, 4.69) is 0 Å². The SMILES string of the molecule is CC(C)OCC1(F)CCN(C)C1. The molecular weight excluding hydrogens is 157 g/mol. The third-order valence-electron chi connectivity index (χ3n) is 2.17. The molecule has 2 nitrogen and oxygen atoms in total. The molecule has 0 aromatic heterocycles. The normalized spacial score (nSPS) is 31.8. The van der Waals surface area contributed by atoms with Crippen molar-refractivity contribution in [1.82, 2.24) is 4.90 Å². The minimum atomic E-state index is -1.10. The second kappa shape index (κ2) is 3.71.